The molecule has 1 amide bonds. The molecule has 128 valence electrons. The molecule has 0 bridgehead atoms. The summed E-state index contributed by atoms with van der Waals surface area (Å²) < 4.78 is 5.39. The summed E-state index contributed by atoms with van der Waals surface area (Å²) in [5.41, 5.74) is 2.58. The number of piperazine rings is 1. The summed E-state index contributed by atoms with van der Waals surface area (Å²) in [6.45, 7) is 6.14. The molecule has 2 heterocycles. The molecule has 0 radical (unpaired) electrons. The molecule has 1 unspecified atom stereocenters. The Morgan fingerprint density at radius 1 is 1.26 bits per heavy atom. The fourth-order valence-corrected chi connectivity index (χ4v) is 3.42. The van der Waals surface area contributed by atoms with Gasteiger partial charge in [0.1, 0.15) is 0 Å². The van der Waals surface area contributed by atoms with Gasteiger partial charge in [-0.1, -0.05) is 31.2 Å². The minimum Gasteiger partial charge on any atom is -0.381 e. The van der Waals surface area contributed by atoms with Crippen molar-refractivity contribution in [3.05, 3.63) is 35.4 Å². The van der Waals surface area contributed by atoms with E-state index in [1.807, 2.05) is 0 Å². The normalized spacial score (nSPS) is 22.5. The number of rotatable bonds is 3. The van der Waals surface area contributed by atoms with E-state index in [1.54, 1.807) is 0 Å². The summed E-state index contributed by atoms with van der Waals surface area (Å²) in [5.74, 6) is 0.457. The molecule has 0 aliphatic carbocycles. The van der Waals surface area contributed by atoms with Crippen molar-refractivity contribution in [3.8, 4) is 0 Å². The van der Waals surface area contributed by atoms with E-state index in [9.17, 15) is 4.79 Å². The van der Waals surface area contributed by atoms with Crippen LogP contribution in [0.5, 0.6) is 0 Å². The van der Waals surface area contributed by atoms with E-state index in [1.165, 1.54) is 11.1 Å². The van der Waals surface area contributed by atoms with Crippen molar-refractivity contribution >= 4 is 18.3 Å². The van der Waals surface area contributed by atoms with Crippen LogP contribution in [-0.4, -0.2) is 43.7 Å². The third kappa shape index (κ3) is 4.25. The van der Waals surface area contributed by atoms with Crippen molar-refractivity contribution < 1.29 is 9.53 Å². The van der Waals surface area contributed by atoms with E-state index < -0.39 is 0 Å². The lowest BCUT2D eigenvalue weighted by atomic mass is 9.95. The van der Waals surface area contributed by atoms with Crippen molar-refractivity contribution in [3.63, 3.8) is 0 Å². The third-order valence-electron chi connectivity index (χ3n) is 4.87. The number of halogens is 1. The summed E-state index contributed by atoms with van der Waals surface area (Å²) >= 11 is 0. The highest BCUT2D eigenvalue weighted by atomic mass is 35.5. The molecule has 1 N–H and O–H groups in total. The zero-order valence-corrected chi connectivity index (χ0v) is 14.6. The maximum absolute atomic E-state index is 12.9. The van der Waals surface area contributed by atoms with Crippen molar-refractivity contribution in [2.75, 3.05) is 32.8 Å². The maximum atomic E-state index is 12.9. The van der Waals surface area contributed by atoms with Crippen LogP contribution in [0.4, 0.5) is 0 Å². The number of carbonyl (C=O) groups is 1. The van der Waals surface area contributed by atoms with Crippen LogP contribution >= 0.6 is 12.4 Å². The van der Waals surface area contributed by atoms with Gasteiger partial charge >= 0.3 is 0 Å². The zero-order chi connectivity index (χ0) is 15.4. The summed E-state index contributed by atoms with van der Waals surface area (Å²) in [6, 6.07) is 8.89. The fraction of sp³-hybridized carbons (Fsp3) is 0.611. The van der Waals surface area contributed by atoms with Crippen molar-refractivity contribution in [2.45, 2.75) is 32.2 Å². The quantitative estimate of drug-likeness (QED) is 0.921. The predicted molar refractivity (Wildman–Crippen MR) is 93.9 cm³/mol. The van der Waals surface area contributed by atoms with Crippen LogP contribution < -0.4 is 5.32 Å². The molecule has 2 aliphatic rings. The summed E-state index contributed by atoms with van der Waals surface area (Å²) in [6.07, 6.45) is 2.78. The monoisotopic (exact) mass is 338 g/mol. The molecule has 3 rings (SSSR count). The SMILES string of the molecule is CCc1ccc(C2CNCCN2C(=O)C2CCOCC2)cc1.Cl. The first-order valence-electron chi connectivity index (χ1n) is 8.47. The number of hydrogen-bond donors (Lipinski definition) is 1. The second kappa shape index (κ2) is 8.67. The lowest BCUT2D eigenvalue weighted by Gasteiger charge is -2.39. The second-order valence-corrected chi connectivity index (χ2v) is 6.23. The number of ether oxygens (including phenoxy) is 1. The van der Waals surface area contributed by atoms with Gasteiger partial charge in [-0.15, -0.1) is 12.4 Å². The Labute approximate surface area is 145 Å². The molecule has 0 aromatic heterocycles. The van der Waals surface area contributed by atoms with Gasteiger partial charge in [0.2, 0.25) is 5.91 Å². The number of nitrogens with one attached hydrogen (secondary N) is 1. The molecule has 0 spiro atoms. The van der Waals surface area contributed by atoms with E-state index in [0.29, 0.717) is 5.91 Å². The molecule has 1 atom stereocenters. The van der Waals surface area contributed by atoms with Gasteiger partial charge < -0.3 is 15.0 Å². The molecule has 5 heteroatoms. The van der Waals surface area contributed by atoms with E-state index in [0.717, 1.165) is 52.1 Å². The van der Waals surface area contributed by atoms with Crippen molar-refractivity contribution in [2.24, 2.45) is 5.92 Å². The Morgan fingerprint density at radius 3 is 2.61 bits per heavy atom. The van der Waals surface area contributed by atoms with Crippen molar-refractivity contribution in [1.82, 2.24) is 10.2 Å². The highest BCUT2D eigenvalue weighted by Crippen LogP contribution is 2.27. The summed E-state index contributed by atoms with van der Waals surface area (Å²) in [5, 5.41) is 3.43. The lowest BCUT2D eigenvalue weighted by Crippen LogP contribution is -2.51. The number of benzene rings is 1. The smallest absolute Gasteiger partial charge is 0.226 e. The van der Waals surface area contributed by atoms with E-state index in [2.05, 4.69) is 41.4 Å². The minimum atomic E-state index is 0. The topological polar surface area (TPSA) is 41.6 Å². The highest BCUT2D eigenvalue weighted by Gasteiger charge is 2.33. The Bertz CT molecular complexity index is 500. The molecule has 2 aliphatic heterocycles. The van der Waals surface area contributed by atoms with Gasteiger partial charge in [0.15, 0.2) is 0 Å². The summed E-state index contributed by atoms with van der Waals surface area (Å²) in [7, 11) is 0. The third-order valence-corrected chi connectivity index (χ3v) is 4.87. The van der Waals surface area contributed by atoms with Crippen LogP contribution in [0.2, 0.25) is 0 Å². The van der Waals surface area contributed by atoms with Crippen LogP contribution in [0.25, 0.3) is 0 Å². The lowest BCUT2D eigenvalue weighted by molar-refractivity contribution is -0.142. The van der Waals surface area contributed by atoms with E-state index in [4.69, 9.17) is 4.74 Å². The number of amides is 1. The van der Waals surface area contributed by atoms with Crippen LogP contribution in [-0.2, 0) is 16.0 Å². The molecule has 2 saturated heterocycles. The Balaban J connectivity index is 0.00000192. The Morgan fingerprint density at radius 2 is 1.96 bits per heavy atom. The van der Waals surface area contributed by atoms with Gasteiger partial charge in [-0.2, -0.15) is 0 Å². The summed E-state index contributed by atoms with van der Waals surface area (Å²) in [4.78, 5) is 15.0. The van der Waals surface area contributed by atoms with Gasteiger partial charge in [0, 0.05) is 38.8 Å². The molecular weight excluding hydrogens is 312 g/mol. The largest absolute Gasteiger partial charge is 0.381 e. The first-order chi connectivity index (χ1) is 10.8. The number of nitrogens with zero attached hydrogens (tertiary/aromatic N) is 1. The standard InChI is InChI=1S/C18H26N2O2.ClH/c1-2-14-3-5-15(6-4-14)17-13-19-9-10-20(17)18(21)16-7-11-22-12-8-16;/h3-6,16-17,19H,2,7-13H2,1H3;1H. The average Bonchev–Trinajstić information content (AvgIpc) is 2.62. The molecule has 23 heavy (non-hydrogen) atoms. The van der Waals surface area contributed by atoms with Crippen LogP contribution in [0.15, 0.2) is 24.3 Å². The first kappa shape index (κ1) is 18.2. The van der Waals surface area contributed by atoms with Gasteiger partial charge in [-0.3, -0.25) is 4.79 Å². The molecule has 4 nitrogen and oxygen atoms in total. The Hall–Kier alpha value is -1.10. The van der Waals surface area contributed by atoms with Crippen LogP contribution in [0, 0.1) is 5.92 Å². The number of hydrogen-bond acceptors (Lipinski definition) is 3. The predicted octanol–water partition coefficient (Wildman–Crippen LogP) is 2.57. The number of aryl methyl sites for hydroxylation is 1. The first-order valence-corrected chi connectivity index (χ1v) is 8.47. The van der Waals surface area contributed by atoms with Gasteiger partial charge in [-0.25, -0.2) is 0 Å². The molecular formula is C18H27ClN2O2. The average molecular weight is 339 g/mol. The second-order valence-electron chi connectivity index (χ2n) is 6.23. The fourth-order valence-electron chi connectivity index (χ4n) is 3.42. The number of carbonyl (C=O) groups excluding carboxylic acids is 1. The van der Waals surface area contributed by atoms with Crippen LogP contribution in [0.1, 0.15) is 36.9 Å². The molecule has 0 saturated carbocycles. The molecule has 1 aromatic carbocycles. The van der Waals surface area contributed by atoms with E-state index in [-0.39, 0.29) is 24.4 Å². The maximum Gasteiger partial charge on any atom is 0.226 e. The Kier molecular flexibility index (Phi) is 6.88. The van der Waals surface area contributed by atoms with Gasteiger partial charge in [0.25, 0.3) is 0 Å². The van der Waals surface area contributed by atoms with Gasteiger partial charge in [0.05, 0.1) is 6.04 Å². The van der Waals surface area contributed by atoms with E-state index >= 15 is 0 Å². The van der Waals surface area contributed by atoms with Crippen LogP contribution in [0.3, 0.4) is 0 Å². The minimum absolute atomic E-state index is 0. The van der Waals surface area contributed by atoms with Crippen molar-refractivity contribution in [1.29, 1.82) is 0 Å². The zero-order valence-electron chi connectivity index (χ0n) is 13.8. The molecule has 1 aromatic rings. The highest BCUT2D eigenvalue weighted by molar-refractivity contribution is 5.85. The molecule has 2 fully saturated rings. The van der Waals surface area contributed by atoms with Gasteiger partial charge in [-0.05, 0) is 30.4 Å².